The molecule has 28 heavy (non-hydrogen) atoms. The first kappa shape index (κ1) is 20.4. The average molecular weight is 435 g/mol. The van der Waals surface area contributed by atoms with E-state index in [2.05, 4.69) is 20.8 Å². The number of carbonyl (C=O) groups is 2. The van der Waals surface area contributed by atoms with Gasteiger partial charge < -0.3 is 10.6 Å². The van der Waals surface area contributed by atoms with Gasteiger partial charge >= 0.3 is 0 Å². The van der Waals surface area contributed by atoms with Crippen molar-refractivity contribution >= 4 is 63.3 Å². The van der Waals surface area contributed by atoms with Crippen LogP contribution in [0.25, 0.3) is 0 Å². The fraction of sp³-hybridized carbons (Fsp3) is 0.158. The minimum atomic E-state index is -0.613. The highest BCUT2D eigenvalue weighted by Gasteiger charge is 2.30. The van der Waals surface area contributed by atoms with Crippen LogP contribution in [-0.2, 0) is 9.59 Å². The molecule has 2 aromatic carbocycles. The minimum absolute atomic E-state index is 0.0516. The van der Waals surface area contributed by atoms with Crippen LogP contribution < -0.4 is 10.6 Å². The van der Waals surface area contributed by atoms with Gasteiger partial charge in [0.25, 0.3) is 0 Å². The molecule has 0 saturated carbocycles. The van der Waals surface area contributed by atoms with Crippen LogP contribution in [-0.4, -0.2) is 27.9 Å². The van der Waals surface area contributed by atoms with Crippen LogP contribution in [0, 0.1) is 0 Å². The molecule has 0 radical (unpaired) electrons. The molecule has 1 saturated heterocycles. The molecule has 1 fully saturated rings. The second-order valence-electron chi connectivity index (χ2n) is 5.96. The first-order valence-electron chi connectivity index (χ1n) is 8.32. The van der Waals surface area contributed by atoms with Crippen molar-refractivity contribution in [2.75, 3.05) is 5.32 Å². The fourth-order valence-corrected chi connectivity index (χ4v) is 3.64. The maximum absolute atomic E-state index is 12.5. The minimum Gasteiger partial charge on any atom is -0.325 e. The van der Waals surface area contributed by atoms with E-state index in [0.29, 0.717) is 21.4 Å². The monoisotopic (exact) mass is 434 g/mol. The number of thioether (sulfide) groups is 1. The van der Waals surface area contributed by atoms with E-state index in [4.69, 9.17) is 23.2 Å². The summed E-state index contributed by atoms with van der Waals surface area (Å²) in [5, 5.41) is 14.4. The smallest absolute Gasteiger partial charge is 0.238 e. The first-order chi connectivity index (χ1) is 13.4. The van der Waals surface area contributed by atoms with Crippen molar-refractivity contribution in [3.05, 3.63) is 64.1 Å². The van der Waals surface area contributed by atoms with Crippen molar-refractivity contribution in [3.8, 4) is 0 Å². The number of anilines is 1. The zero-order chi connectivity index (χ0) is 20.1. The highest BCUT2D eigenvalue weighted by Crippen LogP contribution is 2.23. The third kappa shape index (κ3) is 5.58. The number of benzene rings is 2. The van der Waals surface area contributed by atoms with Gasteiger partial charge in [0.2, 0.25) is 11.8 Å². The lowest BCUT2D eigenvalue weighted by Gasteiger charge is -2.21. The largest absolute Gasteiger partial charge is 0.325 e. The summed E-state index contributed by atoms with van der Waals surface area (Å²) < 4.78 is 0. The van der Waals surface area contributed by atoms with E-state index in [0.717, 1.165) is 17.3 Å². The van der Waals surface area contributed by atoms with Gasteiger partial charge in [0.1, 0.15) is 5.25 Å². The molecule has 9 heteroatoms. The summed E-state index contributed by atoms with van der Waals surface area (Å²) in [5.41, 5.74) is 2.08. The van der Waals surface area contributed by atoms with Crippen molar-refractivity contribution in [1.82, 2.24) is 5.32 Å². The van der Waals surface area contributed by atoms with Crippen LogP contribution in [0.1, 0.15) is 18.9 Å². The second kappa shape index (κ2) is 9.23. The second-order valence-corrected chi connectivity index (χ2v) is 8.02. The van der Waals surface area contributed by atoms with Crippen LogP contribution in [0.5, 0.6) is 0 Å². The number of amides is 2. The maximum Gasteiger partial charge on any atom is 0.238 e. The standard InChI is InChI=1S/C19H16Cl2N4O2S/c1-11(12-5-7-13(20)8-6-12)24-25-19-23-17(26)10-16(28-19)18(27)22-15-4-2-3-14(21)9-15/h2-9,16H,10H2,1H3,(H,22,27)(H,23,25,26)/b24-11-/t16-/m1/s1. The van der Waals surface area contributed by atoms with Gasteiger partial charge in [0.15, 0.2) is 5.17 Å². The lowest BCUT2D eigenvalue weighted by molar-refractivity contribution is -0.123. The molecule has 0 bridgehead atoms. The molecule has 0 aromatic heterocycles. The Balaban J connectivity index is 1.70. The third-order valence-electron chi connectivity index (χ3n) is 3.81. The highest BCUT2D eigenvalue weighted by molar-refractivity contribution is 8.15. The van der Waals surface area contributed by atoms with Crippen LogP contribution in [0.15, 0.2) is 58.7 Å². The van der Waals surface area contributed by atoms with Gasteiger partial charge in [0.05, 0.1) is 5.71 Å². The first-order valence-corrected chi connectivity index (χ1v) is 9.95. The Morgan fingerprint density at radius 2 is 1.93 bits per heavy atom. The van der Waals surface area contributed by atoms with Gasteiger partial charge in [-0.1, -0.05) is 53.2 Å². The van der Waals surface area contributed by atoms with Crippen LogP contribution >= 0.6 is 35.0 Å². The van der Waals surface area contributed by atoms with Crippen molar-refractivity contribution < 1.29 is 9.59 Å². The van der Waals surface area contributed by atoms with Crippen LogP contribution in [0.3, 0.4) is 0 Å². The highest BCUT2D eigenvalue weighted by atomic mass is 35.5. The Bertz CT molecular complexity index is 961. The molecular weight excluding hydrogens is 419 g/mol. The van der Waals surface area contributed by atoms with E-state index in [1.54, 1.807) is 43.3 Å². The van der Waals surface area contributed by atoms with E-state index in [1.165, 1.54) is 0 Å². The Morgan fingerprint density at radius 1 is 1.18 bits per heavy atom. The molecule has 0 aliphatic carbocycles. The summed E-state index contributed by atoms with van der Waals surface area (Å²) in [6, 6.07) is 14.0. The average Bonchev–Trinajstić information content (AvgIpc) is 2.66. The lowest BCUT2D eigenvalue weighted by Crippen LogP contribution is -2.41. The van der Waals surface area contributed by atoms with Gasteiger partial charge in [0, 0.05) is 22.2 Å². The summed E-state index contributed by atoms with van der Waals surface area (Å²) in [7, 11) is 0. The fourth-order valence-electron chi connectivity index (χ4n) is 2.40. The molecule has 2 aromatic rings. The molecule has 1 heterocycles. The van der Waals surface area contributed by atoms with Gasteiger partial charge in [-0.05, 0) is 42.8 Å². The number of nitrogens with one attached hydrogen (secondary N) is 2. The lowest BCUT2D eigenvalue weighted by atomic mass is 10.1. The summed E-state index contributed by atoms with van der Waals surface area (Å²) >= 11 is 13.0. The molecule has 144 valence electrons. The molecular formula is C19H16Cl2N4O2S. The van der Waals surface area contributed by atoms with Crippen molar-refractivity contribution in [2.24, 2.45) is 10.2 Å². The predicted molar refractivity (Wildman–Crippen MR) is 115 cm³/mol. The molecule has 2 amide bonds. The summed E-state index contributed by atoms with van der Waals surface area (Å²) in [4.78, 5) is 24.5. The molecule has 0 unspecified atom stereocenters. The third-order valence-corrected chi connectivity index (χ3v) is 5.37. The van der Waals surface area contributed by atoms with E-state index < -0.39 is 5.25 Å². The van der Waals surface area contributed by atoms with E-state index in [9.17, 15) is 9.59 Å². The number of nitrogens with zero attached hydrogens (tertiary/aromatic N) is 2. The summed E-state index contributed by atoms with van der Waals surface area (Å²) in [6.07, 6.45) is 0.0516. The Hall–Kier alpha value is -2.35. The van der Waals surface area contributed by atoms with Crippen LogP contribution in [0.2, 0.25) is 10.0 Å². The quantitative estimate of drug-likeness (QED) is 0.554. The van der Waals surface area contributed by atoms with E-state index in [1.807, 2.05) is 12.1 Å². The maximum atomic E-state index is 12.5. The van der Waals surface area contributed by atoms with Gasteiger partial charge in [-0.2, -0.15) is 5.10 Å². The molecule has 1 aliphatic rings. The summed E-state index contributed by atoms with van der Waals surface area (Å²) in [6.45, 7) is 1.80. The van der Waals surface area contributed by atoms with Crippen molar-refractivity contribution in [1.29, 1.82) is 0 Å². The molecule has 0 spiro atoms. The normalized spacial score (nSPS) is 18.7. The van der Waals surface area contributed by atoms with Gasteiger partial charge in [-0.3, -0.25) is 9.59 Å². The van der Waals surface area contributed by atoms with Gasteiger partial charge in [-0.15, -0.1) is 5.10 Å². The predicted octanol–water partition coefficient (Wildman–Crippen LogP) is 4.33. The number of halogens is 2. The topological polar surface area (TPSA) is 82.9 Å². The van der Waals surface area contributed by atoms with Crippen molar-refractivity contribution in [3.63, 3.8) is 0 Å². The van der Waals surface area contributed by atoms with Crippen LogP contribution in [0.4, 0.5) is 5.69 Å². The SMILES string of the molecule is C/C(=N/N=C1/NC(=O)C[C@H](C(=O)Nc2cccc(Cl)c2)S1)c1ccc(Cl)cc1. The Kier molecular flexibility index (Phi) is 6.72. The Morgan fingerprint density at radius 3 is 2.64 bits per heavy atom. The van der Waals surface area contributed by atoms with Crippen molar-refractivity contribution in [2.45, 2.75) is 18.6 Å². The zero-order valence-corrected chi connectivity index (χ0v) is 17.1. The number of hydrogen-bond donors (Lipinski definition) is 2. The summed E-state index contributed by atoms with van der Waals surface area (Å²) in [5.74, 6) is -0.587. The molecule has 2 N–H and O–H groups in total. The van der Waals surface area contributed by atoms with Gasteiger partial charge in [-0.25, -0.2) is 0 Å². The molecule has 1 atom stereocenters. The van der Waals surface area contributed by atoms with E-state index >= 15 is 0 Å². The molecule has 3 rings (SSSR count). The number of rotatable bonds is 4. The number of carbonyl (C=O) groups excluding carboxylic acids is 2. The Labute approximate surface area is 176 Å². The zero-order valence-electron chi connectivity index (χ0n) is 14.8. The number of amidine groups is 1. The number of hydrogen-bond acceptors (Lipinski definition) is 5. The molecule has 1 aliphatic heterocycles. The van der Waals surface area contributed by atoms with E-state index in [-0.39, 0.29) is 23.4 Å². The molecule has 6 nitrogen and oxygen atoms in total.